The van der Waals surface area contributed by atoms with Crippen molar-refractivity contribution in [3.8, 4) is 0 Å². The van der Waals surface area contributed by atoms with Gasteiger partial charge in [-0.3, -0.25) is 19.4 Å². The monoisotopic (exact) mass is 546 g/mol. The number of aromatic nitrogens is 1. The molecule has 7 N–H and O–H groups in total. The molecule has 0 spiro atoms. The lowest BCUT2D eigenvalue weighted by molar-refractivity contribution is -0.141. The van der Waals surface area contributed by atoms with E-state index in [2.05, 4.69) is 10.3 Å². The zero-order chi connectivity index (χ0) is 29.1. The number of aryl methyl sites for hydroxylation is 1. The predicted molar refractivity (Wildman–Crippen MR) is 158 cm³/mol. The lowest BCUT2D eigenvalue weighted by Crippen LogP contribution is -2.57. The number of hydrogen-bond acceptors (Lipinski definition) is 7. The molecule has 0 saturated heterocycles. The van der Waals surface area contributed by atoms with E-state index in [-0.39, 0.29) is 37.1 Å². The van der Waals surface area contributed by atoms with Crippen LogP contribution < -0.4 is 22.5 Å². The van der Waals surface area contributed by atoms with Crippen molar-refractivity contribution in [2.75, 3.05) is 26.2 Å². The zero-order valence-corrected chi connectivity index (χ0v) is 23.5. The molecule has 3 atom stereocenters. The van der Waals surface area contributed by atoms with Crippen LogP contribution in [0.5, 0.6) is 0 Å². The second kappa shape index (κ2) is 15.2. The van der Waals surface area contributed by atoms with Gasteiger partial charge in [0.1, 0.15) is 0 Å². The van der Waals surface area contributed by atoms with Gasteiger partial charge >= 0.3 is 0 Å². The SMILES string of the molecule is CC(C)[C@@H](C(=O)N(CCN)CCN)[C@H](N)C(=O)N[C@@H](CCc1ccccc1)C(=O)Cc1cnc2ccccc2c1. The molecule has 0 aliphatic carbocycles. The summed E-state index contributed by atoms with van der Waals surface area (Å²) in [6.45, 7) is 4.90. The molecular weight excluding hydrogens is 504 g/mol. The maximum Gasteiger partial charge on any atom is 0.238 e. The number of Topliss-reactive ketones (excluding diaryl/α,β-unsaturated/α-hetero) is 1. The molecule has 0 radical (unpaired) electrons. The number of para-hydroxylation sites is 1. The van der Waals surface area contributed by atoms with Crippen molar-refractivity contribution in [3.05, 3.63) is 78.0 Å². The van der Waals surface area contributed by atoms with Crippen LogP contribution in [0.4, 0.5) is 0 Å². The van der Waals surface area contributed by atoms with Crippen LogP contribution in [0.25, 0.3) is 10.9 Å². The summed E-state index contributed by atoms with van der Waals surface area (Å²) < 4.78 is 0. The number of amides is 2. The maximum atomic E-state index is 13.6. The van der Waals surface area contributed by atoms with Gasteiger partial charge < -0.3 is 27.4 Å². The minimum absolute atomic E-state index is 0.111. The van der Waals surface area contributed by atoms with Crippen molar-refractivity contribution in [3.63, 3.8) is 0 Å². The first-order valence-electron chi connectivity index (χ1n) is 13.9. The highest BCUT2D eigenvalue weighted by atomic mass is 16.2. The second-order valence-corrected chi connectivity index (χ2v) is 10.5. The quantitative estimate of drug-likeness (QED) is 0.226. The zero-order valence-electron chi connectivity index (χ0n) is 23.5. The van der Waals surface area contributed by atoms with E-state index >= 15 is 0 Å². The Bertz CT molecular complexity index is 1260. The molecule has 0 fully saturated rings. The van der Waals surface area contributed by atoms with Gasteiger partial charge in [-0.25, -0.2) is 0 Å². The molecule has 0 aliphatic heterocycles. The lowest BCUT2D eigenvalue weighted by atomic mass is 9.86. The number of benzene rings is 2. The first-order valence-corrected chi connectivity index (χ1v) is 13.9. The van der Waals surface area contributed by atoms with Gasteiger partial charge in [0.05, 0.1) is 23.5 Å². The molecule has 214 valence electrons. The molecule has 2 amide bonds. The summed E-state index contributed by atoms with van der Waals surface area (Å²) in [5.74, 6) is -1.94. The van der Waals surface area contributed by atoms with Gasteiger partial charge in [-0.1, -0.05) is 62.4 Å². The molecule has 40 heavy (non-hydrogen) atoms. The molecular formula is C31H42N6O3. The fraction of sp³-hybridized carbons (Fsp3) is 0.419. The number of carbonyl (C=O) groups is 3. The number of fused-ring (bicyclic) bond motifs is 1. The standard InChI is InChI=1S/C31H42N6O3/c1-21(2)28(31(40)37(16-14-32)17-15-33)29(34)30(39)36-26(13-12-22-8-4-3-5-9-22)27(38)19-23-18-24-10-6-7-11-25(24)35-20-23/h3-11,18,20-21,26,28-29H,12-17,19,32-34H2,1-2H3,(H,36,39)/t26-,28+,29-/m0/s1. The summed E-state index contributed by atoms with van der Waals surface area (Å²) >= 11 is 0. The highest BCUT2D eigenvalue weighted by Gasteiger charge is 2.37. The molecule has 3 rings (SSSR count). The van der Waals surface area contributed by atoms with Crippen molar-refractivity contribution in [1.29, 1.82) is 0 Å². The minimum atomic E-state index is -1.14. The van der Waals surface area contributed by atoms with Crippen molar-refractivity contribution < 1.29 is 14.4 Å². The third kappa shape index (κ3) is 8.42. The first kappa shape index (κ1) is 30.9. The van der Waals surface area contributed by atoms with Gasteiger partial charge in [0, 0.05) is 44.2 Å². The molecule has 0 unspecified atom stereocenters. The average Bonchev–Trinajstić information content (AvgIpc) is 2.95. The third-order valence-corrected chi connectivity index (χ3v) is 7.10. The molecule has 1 heterocycles. The van der Waals surface area contributed by atoms with E-state index < -0.39 is 23.9 Å². The molecule has 0 bridgehead atoms. The van der Waals surface area contributed by atoms with Gasteiger partial charge in [-0.15, -0.1) is 0 Å². The summed E-state index contributed by atoms with van der Waals surface area (Å²) in [4.78, 5) is 46.4. The van der Waals surface area contributed by atoms with Crippen molar-refractivity contribution in [2.45, 2.75) is 45.2 Å². The minimum Gasteiger partial charge on any atom is -0.345 e. The van der Waals surface area contributed by atoms with E-state index in [9.17, 15) is 14.4 Å². The summed E-state index contributed by atoms with van der Waals surface area (Å²) in [6, 6.07) is 17.5. The van der Waals surface area contributed by atoms with Crippen LogP contribution in [-0.4, -0.2) is 65.7 Å². The maximum absolute atomic E-state index is 13.6. The number of carbonyl (C=O) groups excluding carboxylic acids is 3. The van der Waals surface area contributed by atoms with Gasteiger partial charge in [0.2, 0.25) is 11.8 Å². The second-order valence-electron chi connectivity index (χ2n) is 10.5. The predicted octanol–water partition coefficient (Wildman–Crippen LogP) is 1.81. The van der Waals surface area contributed by atoms with Gasteiger partial charge in [-0.2, -0.15) is 0 Å². The molecule has 0 saturated carbocycles. The first-order chi connectivity index (χ1) is 19.2. The highest BCUT2D eigenvalue weighted by Crippen LogP contribution is 2.19. The summed E-state index contributed by atoms with van der Waals surface area (Å²) in [6.07, 6.45) is 2.80. The van der Waals surface area contributed by atoms with E-state index in [1.807, 2.05) is 74.5 Å². The molecule has 3 aromatic rings. The lowest BCUT2D eigenvalue weighted by Gasteiger charge is -2.32. The Morgan fingerprint density at radius 3 is 2.23 bits per heavy atom. The Labute approximate surface area is 236 Å². The smallest absolute Gasteiger partial charge is 0.238 e. The van der Waals surface area contributed by atoms with E-state index in [0.717, 1.165) is 22.0 Å². The number of ketones is 1. The van der Waals surface area contributed by atoms with Crippen molar-refractivity contribution >= 4 is 28.5 Å². The van der Waals surface area contributed by atoms with Crippen LogP contribution >= 0.6 is 0 Å². The van der Waals surface area contributed by atoms with Crippen molar-refractivity contribution in [1.82, 2.24) is 15.2 Å². The van der Waals surface area contributed by atoms with Crippen LogP contribution in [0.2, 0.25) is 0 Å². The van der Waals surface area contributed by atoms with Crippen LogP contribution in [0.1, 0.15) is 31.4 Å². The number of nitrogens with one attached hydrogen (secondary N) is 1. The number of nitrogens with zero attached hydrogens (tertiary/aromatic N) is 2. The van der Waals surface area contributed by atoms with Crippen LogP contribution in [0.15, 0.2) is 66.9 Å². The Balaban J connectivity index is 1.79. The summed E-state index contributed by atoms with van der Waals surface area (Å²) in [5, 5.41) is 3.83. The number of nitrogens with two attached hydrogens (primary N) is 3. The molecule has 9 heteroatoms. The highest BCUT2D eigenvalue weighted by molar-refractivity contribution is 5.95. The fourth-order valence-corrected chi connectivity index (χ4v) is 4.95. The molecule has 0 aliphatic rings. The Morgan fingerprint density at radius 1 is 0.925 bits per heavy atom. The third-order valence-electron chi connectivity index (χ3n) is 7.10. The van der Waals surface area contributed by atoms with E-state index in [1.54, 1.807) is 11.1 Å². The normalized spacial score (nSPS) is 13.6. The van der Waals surface area contributed by atoms with Crippen LogP contribution in [-0.2, 0) is 27.2 Å². The van der Waals surface area contributed by atoms with Crippen LogP contribution in [0.3, 0.4) is 0 Å². The Kier molecular flexibility index (Phi) is 11.7. The number of hydrogen-bond donors (Lipinski definition) is 4. The topological polar surface area (TPSA) is 157 Å². The van der Waals surface area contributed by atoms with Gasteiger partial charge in [-0.05, 0) is 42.0 Å². The Hall–Kier alpha value is -3.66. The van der Waals surface area contributed by atoms with Gasteiger partial charge in [0.25, 0.3) is 0 Å². The fourth-order valence-electron chi connectivity index (χ4n) is 4.95. The van der Waals surface area contributed by atoms with E-state index in [0.29, 0.717) is 25.9 Å². The molecule has 2 aromatic carbocycles. The van der Waals surface area contributed by atoms with E-state index in [1.165, 1.54) is 0 Å². The molecule has 9 nitrogen and oxygen atoms in total. The van der Waals surface area contributed by atoms with Crippen molar-refractivity contribution in [2.24, 2.45) is 29.0 Å². The summed E-state index contributed by atoms with van der Waals surface area (Å²) in [7, 11) is 0. The summed E-state index contributed by atoms with van der Waals surface area (Å²) in [5.41, 5.74) is 20.5. The largest absolute Gasteiger partial charge is 0.345 e. The van der Waals surface area contributed by atoms with E-state index in [4.69, 9.17) is 17.2 Å². The van der Waals surface area contributed by atoms with Crippen LogP contribution in [0, 0.1) is 11.8 Å². The number of pyridine rings is 1. The number of rotatable bonds is 15. The Morgan fingerprint density at radius 2 is 1.57 bits per heavy atom. The average molecular weight is 547 g/mol. The van der Waals surface area contributed by atoms with Gasteiger partial charge in [0.15, 0.2) is 5.78 Å². The molecule has 1 aromatic heterocycles.